The molecule has 0 aliphatic carbocycles. The third-order valence-corrected chi connectivity index (χ3v) is 2.73. The van der Waals surface area contributed by atoms with E-state index in [1.54, 1.807) is 6.92 Å². The molecular formula is C13H16FNO6. The molecule has 0 saturated heterocycles. The number of carboxylic acid groups (broad SMARTS) is 1. The lowest BCUT2D eigenvalue weighted by molar-refractivity contribution is -0.385. The largest absolute Gasteiger partial charge is 0.490 e. The number of benzene rings is 1. The van der Waals surface area contributed by atoms with Gasteiger partial charge in [0.2, 0.25) is 0 Å². The van der Waals surface area contributed by atoms with Crippen LogP contribution in [-0.2, 0) is 9.53 Å². The quantitative estimate of drug-likeness (QED) is 0.584. The lowest BCUT2D eigenvalue weighted by Gasteiger charge is -2.13. The molecule has 8 heteroatoms. The zero-order valence-corrected chi connectivity index (χ0v) is 11.7. The van der Waals surface area contributed by atoms with Crippen LogP contribution in [-0.4, -0.2) is 35.3 Å². The van der Waals surface area contributed by atoms with Gasteiger partial charge in [0.15, 0.2) is 17.7 Å². The van der Waals surface area contributed by atoms with E-state index in [1.165, 1.54) is 13.0 Å². The fourth-order valence-corrected chi connectivity index (χ4v) is 1.71. The highest BCUT2D eigenvalue weighted by Crippen LogP contribution is 2.27. The van der Waals surface area contributed by atoms with Gasteiger partial charge in [-0.15, -0.1) is 0 Å². The number of ether oxygens (including phenoxy) is 2. The summed E-state index contributed by atoms with van der Waals surface area (Å²) in [5.41, 5.74) is -0.0754. The van der Waals surface area contributed by atoms with E-state index < -0.39 is 22.8 Å². The summed E-state index contributed by atoms with van der Waals surface area (Å²) in [4.78, 5) is 20.8. The lowest BCUT2D eigenvalue weighted by Crippen LogP contribution is -2.26. The Kier molecular flexibility index (Phi) is 6.04. The number of nitro groups is 1. The van der Waals surface area contributed by atoms with E-state index in [9.17, 15) is 19.3 Å². The third-order valence-electron chi connectivity index (χ3n) is 2.73. The van der Waals surface area contributed by atoms with Crippen molar-refractivity contribution < 1.29 is 28.7 Å². The van der Waals surface area contributed by atoms with E-state index >= 15 is 0 Å². The van der Waals surface area contributed by atoms with Crippen LogP contribution < -0.4 is 4.74 Å². The van der Waals surface area contributed by atoms with Crippen molar-refractivity contribution in [2.75, 3.05) is 13.2 Å². The minimum atomic E-state index is -1.12. The molecule has 0 radical (unpaired) electrons. The molecule has 0 amide bonds. The molecule has 7 nitrogen and oxygen atoms in total. The Bertz CT molecular complexity index is 534. The van der Waals surface area contributed by atoms with Gasteiger partial charge in [0, 0.05) is 18.6 Å². The topological polar surface area (TPSA) is 98.9 Å². The first-order chi connectivity index (χ1) is 9.86. The molecule has 0 fully saturated rings. The van der Waals surface area contributed by atoms with Crippen molar-refractivity contribution in [1.82, 2.24) is 0 Å². The van der Waals surface area contributed by atoms with Crippen LogP contribution in [0.3, 0.4) is 0 Å². The van der Waals surface area contributed by atoms with Gasteiger partial charge in [-0.05, 0) is 19.9 Å². The minimum Gasteiger partial charge on any atom is -0.490 e. The van der Waals surface area contributed by atoms with E-state index in [4.69, 9.17) is 14.6 Å². The standard InChI is InChI=1S/C13H16FNO6/c1-3-20-11(13(16)17)4-5-21-12-6-8(2)10(15(18)19)7-9(12)14/h6-7,11H,3-5H2,1-2H3,(H,16,17). The minimum absolute atomic E-state index is 0.0403. The van der Waals surface area contributed by atoms with Gasteiger partial charge in [-0.1, -0.05) is 0 Å². The van der Waals surface area contributed by atoms with Crippen molar-refractivity contribution in [2.24, 2.45) is 0 Å². The second kappa shape index (κ2) is 7.53. The summed E-state index contributed by atoms with van der Waals surface area (Å²) in [6.45, 7) is 3.29. The lowest BCUT2D eigenvalue weighted by atomic mass is 10.2. The molecule has 1 aromatic carbocycles. The maximum Gasteiger partial charge on any atom is 0.332 e. The molecule has 0 spiro atoms. The van der Waals surface area contributed by atoms with Crippen LogP contribution in [0.25, 0.3) is 0 Å². The summed E-state index contributed by atoms with van der Waals surface area (Å²) in [5.74, 6) is -2.14. The molecule has 1 N–H and O–H groups in total. The van der Waals surface area contributed by atoms with Crippen LogP contribution in [0.1, 0.15) is 18.9 Å². The molecule has 0 heterocycles. The first kappa shape index (κ1) is 16.8. The van der Waals surface area contributed by atoms with Crippen molar-refractivity contribution in [2.45, 2.75) is 26.4 Å². The molecule has 116 valence electrons. The van der Waals surface area contributed by atoms with E-state index in [-0.39, 0.29) is 36.6 Å². The molecule has 1 atom stereocenters. The number of halogens is 1. The molecule has 0 aliphatic rings. The molecule has 21 heavy (non-hydrogen) atoms. The van der Waals surface area contributed by atoms with Crippen LogP contribution in [0.2, 0.25) is 0 Å². The molecule has 1 aromatic rings. The van der Waals surface area contributed by atoms with Crippen molar-refractivity contribution in [1.29, 1.82) is 0 Å². The van der Waals surface area contributed by atoms with Gasteiger partial charge in [0.05, 0.1) is 17.6 Å². The highest BCUT2D eigenvalue weighted by Gasteiger charge is 2.19. The highest BCUT2D eigenvalue weighted by atomic mass is 19.1. The van der Waals surface area contributed by atoms with Gasteiger partial charge in [-0.25, -0.2) is 9.18 Å². The number of carboxylic acids is 1. The van der Waals surface area contributed by atoms with E-state index in [0.29, 0.717) is 0 Å². The SMILES string of the molecule is CCOC(CCOc1cc(C)c([N+](=O)[O-])cc1F)C(=O)O. The number of carbonyl (C=O) groups is 1. The molecule has 0 aromatic heterocycles. The van der Waals surface area contributed by atoms with Gasteiger partial charge in [-0.2, -0.15) is 0 Å². The monoisotopic (exact) mass is 301 g/mol. The van der Waals surface area contributed by atoms with Gasteiger partial charge in [0.25, 0.3) is 5.69 Å². The van der Waals surface area contributed by atoms with E-state index in [1.807, 2.05) is 0 Å². The van der Waals surface area contributed by atoms with Crippen LogP contribution in [0.15, 0.2) is 12.1 Å². The summed E-state index contributed by atoms with van der Waals surface area (Å²) in [6, 6.07) is 1.99. The summed E-state index contributed by atoms with van der Waals surface area (Å²) in [5, 5.41) is 19.5. The zero-order chi connectivity index (χ0) is 16.0. The smallest absolute Gasteiger partial charge is 0.332 e. The average molecular weight is 301 g/mol. The Labute approximate surface area is 120 Å². The van der Waals surface area contributed by atoms with Crippen LogP contribution >= 0.6 is 0 Å². The maximum absolute atomic E-state index is 13.6. The molecule has 0 aliphatic heterocycles. The summed E-state index contributed by atoms with van der Waals surface area (Å²) < 4.78 is 23.8. The van der Waals surface area contributed by atoms with Gasteiger partial charge in [0.1, 0.15) is 0 Å². The number of nitrogens with zero attached hydrogens (tertiary/aromatic N) is 1. The molecule has 1 unspecified atom stereocenters. The maximum atomic E-state index is 13.6. The Balaban J connectivity index is 2.70. The predicted octanol–water partition coefficient (Wildman–Crippen LogP) is 2.30. The van der Waals surface area contributed by atoms with Crippen molar-refractivity contribution >= 4 is 11.7 Å². The normalized spacial score (nSPS) is 12.0. The van der Waals surface area contributed by atoms with E-state index in [2.05, 4.69) is 0 Å². The van der Waals surface area contributed by atoms with Crippen LogP contribution in [0, 0.1) is 22.9 Å². The first-order valence-electron chi connectivity index (χ1n) is 6.28. The van der Waals surface area contributed by atoms with Crippen LogP contribution in [0.5, 0.6) is 5.75 Å². The zero-order valence-electron chi connectivity index (χ0n) is 11.7. The van der Waals surface area contributed by atoms with E-state index in [0.717, 1.165) is 6.07 Å². The molecule has 1 rings (SSSR count). The number of aryl methyl sites for hydroxylation is 1. The Morgan fingerprint density at radius 2 is 2.19 bits per heavy atom. The van der Waals surface area contributed by atoms with Crippen molar-refractivity contribution in [3.05, 3.63) is 33.6 Å². The second-order valence-electron chi connectivity index (χ2n) is 4.25. The summed E-state index contributed by atoms with van der Waals surface area (Å²) in [7, 11) is 0. The Morgan fingerprint density at radius 1 is 1.52 bits per heavy atom. The molecule has 0 saturated carbocycles. The van der Waals surface area contributed by atoms with Gasteiger partial charge in [-0.3, -0.25) is 10.1 Å². The van der Waals surface area contributed by atoms with Gasteiger partial charge >= 0.3 is 5.97 Å². The number of nitro benzene ring substituents is 1. The first-order valence-corrected chi connectivity index (χ1v) is 6.28. The van der Waals surface area contributed by atoms with Gasteiger partial charge < -0.3 is 14.6 Å². The predicted molar refractivity (Wildman–Crippen MR) is 71.0 cm³/mol. The number of hydrogen-bond donors (Lipinski definition) is 1. The third kappa shape index (κ3) is 4.67. The molecule has 0 bridgehead atoms. The van der Waals surface area contributed by atoms with Crippen LogP contribution in [0.4, 0.5) is 10.1 Å². The number of rotatable bonds is 8. The summed E-state index contributed by atoms with van der Waals surface area (Å²) in [6.07, 6.45) is -0.990. The Morgan fingerprint density at radius 3 is 2.71 bits per heavy atom. The fourth-order valence-electron chi connectivity index (χ4n) is 1.71. The highest BCUT2D eigenvalue weighted by molar-refractivity contribution is 5.72. The Hall–Kier alpha value is -2.22. The second-order valence-corrected chi connectivity index (χ2v) is 4.25. The summed E-state index contributed by atoms with van der Waals surface area (Å²) >= 11 is 0. The number of hydrogen-bond acceptors (Lipinski definition) is 5. The van der Waals surface area contributed by atoms with Crippen molar-refractivity contribution in [3.8, 4) is 5.75 Å². The fraction of sp³-hybridized carbons (Fsp3) is 0.462. The molecular weight excluding hydrogens is 285 g/mol. The average Bonchev–Trinajstić information content (AvgIpc) is 2.40. The van der Waals surface area contributed by atoms with Crippen molar-refractivity contribution in [3.63, 3.8) is 0 Å². The number of aliphatic carboxylic acids is 1.